The van der Waals surface area contributed by atoms with E-state index in [1.165, 1.54) is 4.31 Å². The third-order valence-electron chi connectivity index (χ3n) is 1.69. The second kappa shape index (κ2) is 3.69. The maximum atomic E-state index is 10.7. The smallest absolute Gasteiger partial charge is 0.261 e. The Morgan fingerprint density at radius 1 is 1.42 bits per heavy atom. The average Bonchev–Trinajstić information content (AvgIpc) is 2.04. The number of benzene rings is 1. The lowest BCUT2D eigenvalue weighted by Gasteiger charge is -2.15. The Bertz CT molecular complexity index is 301. The van der Waals surface area contributed by atoms with E-state index in [-0.39, 0.29) is 0 Å². The maximum absolute atomic E-state index is 10.7. The van der Waals surface area contributed by atoms with Crippen molar-refractivity contribution in [3.8, 4) is 0 Å². The van der Waals surface area contributed by atoms with Crippen molar-refractivity contribution < 1.29 is 8.76 Å². The Labute approximate surface area is 74.4 Å². The Balaban J connectivity index is 3.02. The normalized spacial score (nSPS) is 12.6. The van der Waals surface area contributed by atoms with Crippen LogP contribution in [0.4, 0.5) is 5.69 Å². The fourth-order valence-electron chi connectivity index (χ4n) is 1.00. The molecule has 0 aliphatic rings. The molecule has 0 radical (unpaired) electrons. The van der Waals surface area contributed by atoms with Crippen molar-refractivity contribution in [2.75, 3.05) is 11.4 Å². The van der Waals surface area contributed by atoms with Crippen LogP contribution in [0.1, 0.15) is 5.56 Å². The van der Waals surface area contributed by atoms with Crippen LogP contribution >= 0.6 is 0 Å². The van der Waals surface area contributed by atoms with Gasteiger partial charge in [-0.05, 0) is 18.6 Å². The van der Waals surface area contributed by atoms with E-state index in [9.17, 15) is 4.21 Å². The minimum atomic E-state index is -1.94. The van der Waals surface area contributed by atoms with Crippen LogP contribution in [0.3, 0.4) is 0 Å². The third-order valence-corrected chi connectivity index (χ3v) is 2.35. The summed E-state index contributed by atoms with van der Waals surface area (Å²) >= 11 is -1.94. The number of nitrogens with zero attached hydrogens (tertiary/aromatic N) is 1. The first-order valence-electron chi connectivity index (χ1n) is 3.53. The second-order valence-corrected chi connectivity index (χ2v) is 3.52. The van der Waals surface area contributed by atoms with Crippen molar-refractivity contribution >= 4 is 17.0 Å². The first-order chi connectivity index (χ1) is 5.63. The summed E-state index contributed by atoms with van der Waals surface area (Å²) in [7, 11) is 1.58. The molecule has 1 N–H and O–H groups in total. The highest BCUT2D eigenvalue weighted by molar-refractivity contribution is 7.80. The molecule has 0 saturated heterocycles. The Morgan fingerprint density at radius 2 is 2.00 bits per heavy atom. The van der Waals surface area contributed by atoms with Crippen LogP contribution in [0, 0.1) is 6.92 Å². The molecule has 3 nitrogen and oxygen atoms in total. The molecule has 0 aliphatic carbocycles. The van der Waals surface area contributed by atoms with Crippen LogP contribution in [0.5, 0.6) is 0 Å². The number of aryl methyl sites for hydroxylation is 1. The van der Waals surface area contributed by atoms with Crippen LogP contribution < -0.4 is 4.31 Å². The van der Waals surface area contributed by atoms with Crippen LogP contribution in [0.25, 0.3) is 0 Å². The standard InChI is InChI=1S/C8H11NO2S/c1-7-5-3-4-6-8(7)9(2)12(10)11/h3-6H,1-2H3,(H,10,11). The van der Waals surface area contributed by atoms with Gasteiger partial charge in [-0.1, -0.05) is 18.2 Å². The lowest BCUT2D eigenvalue weighted by molar-refractivity contribution is 0.562. The summed E-state index contributed by atoms with van der Waals surface area (Å²) in [5, 5.41) is 0. The van der Waals surface area contributed by atoms with Gasteiger partial charge >= 0.3 is 0 Å². The van der Waals surface area contributed by atoms with Gasteiger partial charge in [-0.25, -0.2) is 4.21 Å². The second-order valence-electron chi connectivity index (χ2n) is 2.51. The molecule has 0 fully saturated rings. The van der Waals surface area contributed by atoms with Crippen LogP contribution in [-0.2, 0) is 11.3 Å². The van der Waals surface area contributed by atoms with Gasteiger partial charge in [0.15, 0.2) is 0 Å². The van der Waals surface area contributed by atoms with Crippen molar-refractivity contribution in [1.29, 1.82) is 0 Å². The molecule has 12 heavy (non-hydrogen) atoms. The van der Waals surface area contributed by atoms with Gasteiger partial charge in [0.25, 0.3) is 11.3 Å². The molecule has 0 bridgehead atoms. The van der Waals surface area contributed by atoms with Gasteiger partial charge in [-0.2, -0.15) is 0 Å². The highest BCUT2D eigenvalue weighted by atomic mass is 32.2. The molecule has 1 aromatic rings. The van der Waals surface area contributed by atoms with E-state index in [0.29, 0.717) is 0 Å². The van der Waals surface area contributed by atoms with Gasteiger partial charge < -0.3 is 0 Å². The summed E-state index contributed by atoms with van der Waals surface area (Å²) in [6, 6.07) is 7.45. The summed E-state index contributed by atoms with van der Waals surface area (Å²) in [6.07, 6.45) is 0. The van der Waals surface area contributed by atoms with Crippen molar-refractivity contribution in [1.82, 2.24) is 0 Å². The van der Waals surface area contributed by atoms with Gasteiger partial charge in [0.1, 0.15) is 0 Å². The Hall–Kier alpha value is -0.870. The van der Waals surface area contributed by atoms with Gasteiger partial charge in [-0.3, -0.25) is 8.86 Å². The van der Waals surface area contributed by atoms with Crippen LogP contribution in [0.2, 0.25) is 0 Å². The number of hydrogen-bond acceptors (Lipinski definition) is 1. The fourth-order valence-corrected chi connectivity index (χ4v) is 1.37. The SMILES string of the molecule is Cc1ccccc1N(C)S(=O)O. The zero-order valence-corrected chi connectivity index (χ0v) is 7.84. The van der Waals surface area contributed by atoms with Crippen molar-refractivity contribution in [3.05, 3.63) is 29.8 Å². The predicted molar refractivity (Wildman–Crippen MR) is 50.4 cm³/mol. The summed E-state index contributed by atoms with van der Waals surface area (Å²) < 4.78 is 20.8. The van der Waals surface area contributed by atoms with Gasteiger partial charge in [0.05, 0.1) is 5.69 Å². The molecule has 1 unspecified atom stereocenters. The average molecular weight is 185 g/mol. The first kappa shape index (κ1) is 9.22. The minimum Gasteiger partial charge on any atom is -0.289 e. The Morgan fingerprint density at radius 3 is 2.50 bits per heavy atom. The molecule has 0 saturated carbocycles. The van der Waals surface area contributed by atoms with E-state index < -0.39 is 11.3 Å². The van der Waals surface area contributed by atoms with E-state index in [4.69, 9.17) is 4.55 Å². The van der Waals surface area contributed by atoms with Gasteiger partial charge in [0.2, 0.25) is 0 Å². The molecule has 0 amide bonds. The molecule has 0 aromatic heterocycles. The molecule has 1 rings (SSSR count). The zero-order chi connectivity index (χ0) is 9.14. The van der Waals surface area contributed by atoms with Crippen molar-refractivity contribution in [2.24, 2.45) is 0 Å². The van der Waals surface area contributed by atoms with E-state index in [1.807, 2.05) is 31.2 Å². The summed E-state index contributed by atoms with van der Waals surface area (Å²) in [5.74, 6) is 0. The first-order valence-corrected chi connectivity index (χ1v) is 4.59. The van der Waals surface area contributed by atoms with Gasteiger partial charge in [-0.15, -0.1) is 0 Å². The molecular weight excluding hydrogens is 174 g/mol. The Kier molecular flexibility index (Phi) is 2.83. The monoisotopic (exact) mass is 185 g/mol. The van der Waals surface area contributed by atoms with Crippen molar-refractivity contribution in [2.45, 2.75) is 6.92 Å². The predicted octanol–water partition coefficient (Wildman–Crippen LogP) is 1.57. The van der Waals surface area contributed by atoms with E-state index in [2.05, 4.69) is 0 Å². The number of rotatable bonds is 2. The molecule has 4 heteroatoms. The van der Waals surface area contributed by atoms with Gasteiger partial charge in [0, 0.05) is 7.05 Å². The molecule has 1 aromatic carbocycles. The fraction of sp³-hybridized carbons (Fsp3) is 0.250. The number of hydrogen-bond donors (Lipinski definition) is 1. The largest absolute Gasteiger partial charge is 0.289 e. The zero-order valence-electron chi connectivity index (χ0n) is 7.02. The minimum absolute atomic E-state index is 0.776. The summed E-state index contributed by atoms with van der Waals surface area (Å²) in [4.78, 5) is 0. The third kappa shape index (κ3) is 1.84. The van der Waals surface area contributed by atoms with E-state index >= 15 is 0 Å². The summed E-state index contributed by atoms with van der Waals surface area (Å²) in [5.41, 5.74) is 1.76. The maximum Gasteiger partial charge on any atom is 0.261 e. The highest BCUT2D eigenvalue weighted by Gasteiger charge is 2.07. The van der Waals surface area contributed by atoms with Crippen molar-refractivity contribution in [3.63, 3.8) is 0 Å². The molecule has 1 atom stereocenters. The number of para-hydroxylation sites is 1. The molecule has 0 heterocycles. The topological polar surface area (TPSA) is 40.5 Å². The van der Waals surface area contributed by atoms with E-state index in [1.54, 1.807) is 7.05 Å². The number of anilines is 1. The van der Waals surface area contributed by atoms with E-state index in [0.717, 1.165) is 11.3 Å². The highest BCUT2D eigenvalue weighted by Crippen LogP contribution is 2.18. The molecule has 0 spiro atoms. The lowest BCUT2D eigenvalue weighted by atomic mass is 10.2. The molecular formula is C8H11NO2S. The summed E-state index contributed by atoms with van der Waals surface area (Å²) in [6.45, 7) is 1.90. The van der Waals surface area contributed by atoms with Crippen LogP contribution in [0.15, 0.2) is 24.3 Å². The molecule has 66 valence electrons. The van der Waals surface area contributed by atoms with Crippen LogP contribution in [-0.4, -0.2) is 15.8 Å². The quantitative estimate of drug-likeness (QED) is 0.710. The molecule has 0 aliphatic heterocycles. The lowest BCUT2D eigenvalue weighted by Crippen LogP contribution is -2.19.